The maximum Gasteiger partial charge on any atom is 0.129 e. The Morgan fingerprint density at radius 2 is 2.33 bits per heavy atom. The molecule has 18 heavy (non-hydrogen) atoms. The highest BCUT2D eigenvalue weighted by atomic mass is 15.2. The van der Waals surface area contributed by atoms with Crippen molar-refractivity contribution in [2.45, 2.75) is 32.6 Å². The van der Waals surface area contributed by atoms with E-state index in [4.69, 9.17) is 11.1 Å². The van der Waals surface area contributed by atoms with Crippen molar-refractivity contribution in [3.05, 3.63) is 23.9 Å². The topological polar surface area (TPSA) is 66.0 Å². The Kier molecular flexibility index (Phi) is 4.18. The van der Waals surface area contributed by atoms with E-state index in [1.165, 1.54) is 25.7 Å². The van der Waals surface area contributed by atoms with E-state index in [2.05, 4.69) is 16.8 Å². The molecule has 4 heteroatoms. The van der Waals surface area contributed by atoms with Gasteiger partial charge in [-0.3, -0.25) is 5.41 Å². The Morgan fingerprint density at radius 3 is 3.06 bits per heavy atom. The lowest BCUT2D eigenvalue weighted by Crippen LogP contribution is -2.25. The summed E-state index contributed by atoms with van der Waals surface area (Å²) in [6.07, 6.45) is 6.80. The second-order valence-electron chi connectivity index (χ2n) is 5.01. The van der Waals surface area contributed by atoms with Gasteiger partial charge >= 0.3 is 0 Å². The number of anilines is 1. The van der Waals surface area contributed by atoms with Crippen molar-refractivity contribution in [2.24, 2.45) is 11.7 Å². The van der Waals surface area contributed by atoms with E-state index in [-0.39, 0.29) is 5.84 Å². The van der Waals surface area contributed by atoms with Crippen molar-refractivity contribution in [3.63, 3.8) is 0 Å². The summed E-state index contributed by atoms with van der Waals surface area (Å²) in [5, 5.41) is 7.48. The third-order valence-electron chi connectivity index (χ3n) is 3.81. The van der Waals surface area contributed by atoms with Crippen molar-refractivity contribution in [1.82, 2.24) is 4.98 Å². The van der Waals surface area contributed by atoms with Gasteiger partial charge < -0.3 is 10.6 Å². The Morgan fingerprint density at radius 1 is 1.50 bits per heavy atom. The first kappa shape index (κ1) is 12.9. The maximum atomic E-state index is 7.48. The predicted octanol–water partition coefficient (Wildman–Crippen LogP) is 2.38. The fourth-order valence-corrected chi connectivity index (χ4v) is 2.56. The quantitative estimate of drug-likeness (QED) is 0.635. The Bertz CT molecular complexity index is 416. The van der Waals surface area contributed by atoms with Gasteiger partial charge in [-0.15, -0.1) is 0 Å². The fraction of sp³-hybridized carbons (Fsp3) is 0.571. The molecule has 1 fully saturated rings. The van der Waals surface area contributed by atoms with Gasteiger partial charge in [0.1, 0.15) is 11.7 Å². The molecule has 3 N–H and O–H groups in total. The molecule has 0 aliphatic carbocycles. The lowest BCUT2D eigenvalue weighted by molar-refractivity contribution is 0.459. The van der Waals surface area contributed by atoms with Crippen LogP contribution in [0.1, 0.15) is 38.2 Å². The molecule has 1 saturated heterocycles. The van der Waals surface area contributed by atoms with Crippen LogP contribution < -0.4 is 10.6 Å². The van der Waals surface area contributed by atoms with E-state index in [1.807, 2.05) is 6.07 Å². The van der Waals surface area contributed by atoms with E-state index in [0.717, 1.165) is 30.4 Å². The number of rotatable bonds is 3. The van der Waals surface area contributed by atoms with Crippen LogP contribution >= 0.6 is 0 Å². The zero-order valence-corrected chi connectivity index (χ0v) is 11.0. The minimum atomic E-state index is 0.111. The largest absolute Gasteiger partial charge is 0.384 e. The van der Waals surface area contributed by atoms with E-state index in [1.54, 1.807) is 12.3 Å². The highest BCUT2D eigenvalue weighted by molar-refractivity contribution is 5.95. The molecule has 0 bridgehead atoms. The van der Waals surface area contributed by atoms with Gasteiger partial charge in [-0.2, -0.15) is 0 Å². The Hall–Kier alpha value is -1.58. The number of pyridine rings is 1. The zero-order chi connectivity index (χ0) is 13.0. The van der Waals surface area contributed by atoms with Crippen molar-refractivity contribution in [1.29, 1.82) is 5.41 Å². The first-order valence-corrected chi connectivity index (χ1v) is 6.76. The monoisotopic (exact) mass is 246 g/mol. The van der Waals surface area contributed by atoms with Crippen LogP contribution in [0, 0.1) is 11.3 Å². The van der Waals surface area contributed by atoms with Crippen LogP contribution in [0.3, 0.4) is 0 Å². The SMILES string of the molecule is CCC1CCCN(c2cc(C(=N)N)ccn2)CC1. The Labute approximate surface area is 109 Å². The molecule has 0 radical (unpaired) electrons. The molecule has 0 spiro atoms. The van der Waals surface area contributed by atoms with E-state index < -0.39 is 0 Å². The summed E-state index contributed by atoms with van der Waals surface area (Å²) < 4.78 is 0. The van der Waals surface area contributed by atoms with Gasteiger partial charge in [0, 0.05) is 24.8 Å². The second kappa shape index (κ2) is 5.85. The molecule has 1 aliphatic heterocycles. The predicted molar refractivity (Wildman–Crippen MR) is 75.1 cm³/mol. The van der Waals surface area contributed by atoms with Crippen LogP contribution in [-0.2, 0) is 0 Å². The molecule has 4 nitrogen and oxygen atoms in total. The minimum absolute atomic E-state index is 0.111. The van der Waals surface area contributed by atoms with E-state index >= 15 is 0 Å². The average Bonchev–Trinajstić information content (AvgIpc) is 2.64. The highest BCUT2D eigenvalue weighted by Crippen LogP contribution is 2.23. The van der Waals surface area contributed by atoms with Crippen LogP contribution in [0.25, 0.3) is 0 Å². The molecule has 1 aromatic rings. The lowest BCUT2D eigenvalue weighted by Gasteiger charge is -2.22. The normalized spacial score (nSPS) is 20.5. The van der Waals surface area contributed by atoms with Crippen LogP contribution in [0.2, 0.25) is 0 Å². The number of nitrogens with one attached hydrogen (secondary N) is 1. The summed E-state index contributed by atoms with van der Waals surface area (Å²) in [5.41, 5.74) is 6.28. The average molecular weight is 246 g/mol. The van der Waals surface area contributed by atoms with Gasteiger partial charge in [0.15, 0.2) is 0 Å². The second-order valence-corrected chi connectivity index (χ2v) is 5.01. The molecule has 1 aliphatic rings. The third kappa shape index (κ3) is 3.00. The number of amidine groups is 1. The van der Waals surface area contributed by atoms with Gasteiger partial charge in [0.05, 0.1) is 0 Å². The zero-order valence-electron chi connectivity index (χ0n) is 11.0. The summed E-state index contributed by atoms with van der Waals surface area (Å²) in [6.45, 7) is 4.40. The molecule has 2 rings (SSSR count). The molecule has 0 aromatic carbocycles. The number of nitrogens with zero attached hydrogens (tertiary/aromatic N) is 2. The number of hydrogen-bond donors (Lipinski definition) is 2. The third-order valence-corrected chi connectivity index (χ3v) is 3.81. The smallest absolute Gasteiger partial charge is 0.129 e. The van der Waals surface area contributed by atoms with Crippen molar-refractivity contribution in [2.75, 3.05) is 18.0 Å². The van der Waals surface area contributed by atoms with E-state index in [9.17, 15) is 0 Å². The number of nitrogen functional groups attached to an aromatic ring is 1. The highest BCUT2D eigenvalue weighted by Gasteiger charge is 2.17. The molecule has 0 saturated carbocycles. The summed E-state index contributed by atoms with van der Waals surface area (Å²) >= 11 is 0. The molecule has 1 aromatic heterocycles. The number of aromatic nitrogens is 1. The molecule has 1 atom stereocenters. The summed E-state index contributed by atoms with van der Waals surface area (Å²) in [6, 6.07) is 3.72. The Balaban J connectivity index is 2.11. The van der Waals surface area contributed by atoms with E-state index in [0.29, 0.717) is 0 Å². The summed E-state index contributed by atoms with van der Waals surface area (Å²) in [5.74, 6) is 1.92. The number of nitrogens with two attached hydrogens (primary N) is 1. The molecular formula is C14H22N4. The van der Waals surface area contributed by atoms with Gasteiger partial charge in [0.2, 0.25) is 0 Å². The number of hydrogen-bond acceptors (Lipinski definition) is 3. The van der Waals surface area contributed by atoms with Crippen LogP contribution in [-0.4, -0.2) is 23.9 Å². The lowest BCUT2D eigenvalue weighted by atomic mass is 9.98. The fourth-order valence-electron chi connectivity index (χ4n) is 2.56. The van der Waals surface area contributed by atoms with Gasteiger partial charge in [-0.05, 0) is 37.3 Å². The molecular weight excluding hydrogens is 224 g/mol. The minimum Gasteiger partial charge on any atom is -0.384 e. The van der Waals surface area contributed by atoms with Crippen molar-refractivity contribution >= 4 is 11.7 Å². The first-order valence-electron chi connectivity index (χ1n) is 6.76. The standard InChI is InChI=1S/C14H22N4/c1-2-11-4-3-8-18(9-6-11)13-10-12(14(15)16)5-7-17-13/h5,7,10-11H,2-4,6,8-9H2,1H3,(H3,15,16). The van der Waals surface area contributed by atoms with Crippen LogP contribution in [0.4, 0.5) is 5.82 Å². The maximum absolute atomic E-state index is 7.48. The van der Waals surface area contributed by atoms with Crippen LogP contribution in [0.15, 0.2) is 18.3 Å². The molecule has 0 amide bonds. The summed E-state index contributed by atoms with van der Waals surface area (Å²) in [7, 11) is 0. The van der Waals surface area contributed by atoms with Gasteiger partial charge in [-0.1, -0.05) is 13.3 Å². The summed E-state index contributed by atoms with van der Waals surface area (Å²) in [4.78, 5) is 6.73. The van der Waals surface area contributed by atoms with Crippen molar-refractivity contribution in [3.8, 4) is 0 Å². The molecule has 2 heterocycles. The van der Waals surface area contributed by atoms with Gasteiger partial charge in [-0.25, -0.2) is 4.98 Å². The molecule has 98 valence electrons. The molecule has 1 unspecified atom stereocenters. The first-order chi connectivity index (χ1) is 8.70. The van der Waals surface area contributed by atoms with Crippen LogP contribution in [0.5, 0.6) is 0 Å². The van der Waals surface area contributed by atoms with Crippen molar-refractivity contribution < 1.29 is 0 Å². The van der Waals surface area contributed by atoms with Gasteiger partial charge in [0.25, 0.3) is 0 Å².